The SMILES string of the molecule is Fc1c(F)c(Oc2cc(Cl)ccc2Cl)c(F)c(F)c1C=CCN1CCOCC1. The molecule has 0 spiro atoms. The highest BCUT2D eigenvalue weighted by molar-refractivity contribution is 6.34. The monoisotopic (exact) mass is 435 g/mol. The molecule has 0 aromatic heterocycles. The minimum Gasteiger partial charge on any atom is -0.449 e. The Bertz CT molecular complexity index is 873. The van der Waals surface area contributed by atoms with Crippen LogP contribution in [-0.4, -0.2) is 37.7 Å². The van der Waals surface area contributed by atoms with E-state index in [1.807, 2.05) is 4.90 Å². The second-order valence-electron chi connectivity index (χ2n) is 5.99. The van der Waals surface area contributed by atoms with Gasteiger partial charge in [-0.2, -0.15) is 8.78 Å². The minimum atomic E-state index is -1.67. The van der Waals surface area contributed by atoms with Gasteiger partial charge in [0.15, 0.2) is 11.6 Å². The van der Waals surface area contributed by atoms with E-state index in [9.17, 15) is 17.6 Å². The molecule has 0 atom stereocenters. The van der Waals surface area contributed by atoms with E-state index in [0.717, 1.165) is 6.08 Å². The Labute approximate surface area is 169 Å². The van der Waals surface area contributed by atoms with Crippen molar-refractivity contribution < 1.29 is 27.0 Å². The van der Waals surface area contributed by atoms with Gasteiger partial charge in [0.05, 0.1) is 23.8 Å². The highest BCUT2D eigenvalue weighted by Gasteiger charge is 2.26. The first kappa shape index (κ1) is 20.9. The molecule has 2 aromatic carbocycles. The van der Waals surface area contributed by atoms with Crippen LogP contribution in [0.15, 0.2) is 24.3 Å². The molecule has 1 aliphatic rings. The van der Waals surface area contributed by atoms with E-state index >= 15 is 0 Å². The van der Waals surface area contributed by atoms with Crippen molar-refractivity contribution in [1.82, 2.24) is 4.90 Å². The molecule has 3 nitrogen and oxygen atoms in total. The molecule has 0 bridgehead atoms. The fourth-order valence-electron chi connectivity index (χ4n) is 2.63. The standard InChI is InChI=1S/C19H15Cl2F4NO2/c20-11-3-4-13(21)14(10-11)28-19-17(24)15(22)12(16(23)18(19)25)2-1-5-26-6-8-27-9-7-26/h1-4,10H,5-9H2. The minimum absolute atomic E-state index is 0.0292. The maximum atomic E-state index is 14.4. The van der Waals surface area contributed by atoms with Crippen LogP contribution in [0.3, 0.4) is 0 Å². The van der Waals surface area contributed by atoms with Crippen molar-refractivity contribution in [3.05, 3.63) is 63.2 Å². The highest BCUT2D eigenvalue weighted by atomic mass is 35.5. The zero-order chi connectivity index (χ0) is 20.3. The van der Waals surface area contributed by atoms with E-state index in [-0.39, 0.29) is 15.8 Å². The number of rotatable bonds is 5. The van der Waals surface area contributed by atoms with E-state index in [1.165, 1.54) is 24.3 Å². The van der Waals surface area contributed by atoms with Gasteiger partial charge in [-0.3, -0.25) is 4.90 Å². The molecule has 0 aliphatic carbocycles. The van der Waals surface area contributed by atoms with Crippen molar-refractivity contribution in [2.24, 2.45) is 0 Å². The molecule has 150 valence electrons. The van der Waals surface area contributed by atoms with Gasteiger partial charge in [-0.05, 0) is 12.1 Å². The summed E-state index contributed by atoms with van der Waals surface area (Å²) in [6.45, 7) is 2.79. The number of hydrogen-bond acceptors (Lipinski definition) is 3. The van der Waals surface area contributed by atoms with Crippen LogP contribution in [0, 0.1) is 23.3 Å². The first-order chi connectivity index (χ1) is 13.4. The van der Waals surface area contributed by atoms with Crippen molar-refractivity contribution in [3.8, 4) is 11.5 Å². The van der Waals surface area contributed by atoms with E-state index in [2.05, 4.69) is 0 Å². The lowest BCUT2D eigenvalue weighted by Crippen LogP contribution is -2.36. The van der Waals surface area contributed by atoms with Gasteiger partial charge in [0.1, 0.15) is 5.75 Å². The predicted molar refractivity (Wildman–Crippen MR) is 99.1 cm³/mol. The molecule has 1 heterocycles. The van der Waals surface area contributed by atoms with Crippen LogP contribution < -0.4 is 4.74 Å². The zero-order valence-electron chi connectivity index (χ0n) is 14.5. The fraction of sp³-hybridized carbons (Fsp3) is 0.263. The van der Waals surface area contributed by atoms with Crippen molar-refractivity contribution in [2.75, 3.05) is 32.8 Å². The number of hydrogen-bond donors (Lipinski definition) is 0. The van der Waals surface area contributed by atoms with Crippen molar-refractivity contribution >= 4 is 29.3 Å². The molecule has 1 aliphatic heterocycles. The van der Waals surface area contributed by atoms with E-state index in [1.54, 1.807) is 0 Å². The van der Waals surface area contributed by atoms with Crippen LogP contribution in [0.25, 0.3) is 6.08 Å². The second-order valence-corrected chi connectivity index (χ2v) is 6.83. The smallest absolute Gasteiger partial charge is 0.205 e. The summed E-state index contributed by atoms with van der Waals surface area (Å²) in [6.07, 6.45) is 2.43. The molecule has 9 heteroatoms. The molecule has 0 saturated carbocycles. The Morgan fingerprint density at radius 1 is 1.00 bits per heavy atom. The van der Waals surface area contributed by atoms with Gasteiger partial charge in [0.2, 0.25) is 17.4 Å². The first-order valence-corrected chi connectivity index (χ1v) is 9.09. The largest absolute Gasteiger partial charge is 0.449 e. The molecule has 0 radical (unpaired) electrons. The summed E-state index contributed by atoms with van der Waals surface area (Å²) >= 11 is 11.6. The van der Waals surface area contributed by atoms with Gasteiger partial charge >= 0.3 is 0 Å². The van der Waals surface area contributed by atoms with Crippen LogP contribution in [0.4, 0.5) is 17.6 Å². The molecule has 1 fully saturated rings. The normalized spacial score (nSPS) is 15.4. The predicted octanol–water partition coefficient (Wildman–Crippen LogP) is 5.69. The molecule has 28 heavy (non-hydrogen) atoms. The summed E-state index contributed by atoms with van der Waals surface area (Å²) in [7, 11) is 0. The molecule has 0 amide bonds. The number of benzene rings is 2. The Balaban J connectivity index is 1.87. The molecule has 1 saturated heterocycles. The van der Waals surface area contributed by atoms with Crippen molar-refractivity contribution in [1.29, 1.82) is 0 Å². The van der Waals surface area contributed by atoms with E-state index in [0.29, 0.717) is 32.8 Å². The van der Waals surface area contributed by atoms with Crippen molar-refractivity contribution in [2.45, 2.75) is 0 Å². The topological polar surface area (TPSA) is 21.7 Å². The third-order valence-electron chi connectivity index (χ3n) is 4.11. The van der Waals surface area contributed by atoms with Crippen LogP contribution in [0.1, 0.15) is 5.56 Å². The second kappa shape index (κ2) is 9.13. The molecular formula is C19H15Cl2F4NO2. The molecule has 0 N–H and O–H groups in total. The third kappa shape index (κ3) is 4.60. The number of nitrogens with zero attached hydrogens (tertiary/aromatic N) is 1. The number of ether oxygens (including phenoxy) is 2. The quantitative estimate of drug-likeness (QED) is 0.444. The maximum Gasteiger partial charge on any atom is 0.205 e. The third-order valence-corrected chi connectivity index (χ3v) is 4.66. The van der Waals surface area contributed by atoms with Crippen LogP contribution in [-0.2, 0) is 4.74 Å². The highest BCUT2D eigenvalue weighted by Crippen LogP contribution is 2.37. The Hall–Kier alpha value is -1.80. The summed E-state index contributed by atoms with van der Waals surface area (Å²) in [5.74, 6) is -7.93. The van der Waals surface area contributed by atoms with Gasteiger partial charge in [-0.1, -0.05) is 35.4 Å². The van der Waals surface area contributed by atoms with Gasteiger partial charge in [-0.15, -0.1) is 0 Å². The average molecular weight is 436 g/mol. The molecule has 3 rings (SSSR count). The van der Waals surface area contributed by atoms with Gasteiger partial charge < -0.3 is 9.47 Å². The average Bonchev–Trinajstić information content (AvgIpc) is 2.69. The fourth-order valence-corrected chi connectivity index (χ4v) is 2.95. The van der Waals surface area contributed by atoms with Crippen molar-refractivity contribution in [3.63, 3.8) is 0 Å². The van der Waals surface area contributed by atoms with E-state index in [4.69, 9.17) is 32.7 Å². The lowest BCUT2D eigenvalue weighted by Gasteiger charge is -2.25. The summed E-state index contributed by atoms with van der Waals surface area (Å²) < 4.78 is 67.6. The maximum absolute atomic E-state index is 14.4. The summed E-state index contributed by atoms with van der Waals surface area (Å²) in [6, 6.07) is 3.92. The number of morpholine rings is 1. The lowest BCUT2D eigenvalue weighted by molar-refractivity contribution is 0.0435. The summed E-state index contributed by atoms with van der Waals surface area (Å²) in [4.78, 5) is 1.97. The molecule has 0 unspecified atom stereocenters. The Kier molecular flexibility index (Phi) is 6.82. The van der Waals surface area contributed by atoms with Crippen LogP contribution in [0.5, 0.6) is 11.5 Å². The summed E-state index contributed by atoms with van der Waals surface area (Å²) in [5, 5.41) is 0.141. The lowest BCUT2D eigenvalue weighted by atomic mass is 10.1. The number of halogens is 6. The molecular weight excluding hydrogens is 421 g/mol. The molecule has 2 aromatic rings. The van der Waals surface area contributed by atoms with Gasteiger partial charge in [-0.25, -0.2) is 8.78 Å². The Morgan fingerprint density at radius 3 is 2.29 bits per heavy atom. The summed E-state index contributed by atoms with van der Waals surface area (Å²) in [5.41, 5.74) is -0.826. The van der Waals surface area contributed by atoms with E-state index < -0.39 is 34.6 Å². The van der Waals surface area contributed by atoms with Gasteiger partial charge in [0, 0.05) is 30.7 Å². The first-order valence-electron chi connectivity index (χ1n) is 8.34. The van der Waals surface area contributed by atoms with Gasteiger partial charge in [0.25, 0.3) is 0 Å². The van der Waals surface area contributed by atoms with Crippen LogP contribution >= 0.6 is 23.2 Å². The Morgan fingerprint density at radius 2 is 1.64 bits per heavy atom. The zero-order valence-corrected chi connectivity index (χ0v) is 16.0. The van der Waals surface area contributed by atoms with Crippen LogP contribution in [0.2, 0.25) is 10.0 Å².